The summed E-state index contributed by atoms with van der Waals surface area (Å²) in [6.45, 7) is 2.90. The number of rotatable bonds is 4. The van der Waals surface area contributed by atoms with Gasteiger partial charge in [-0.15, -0.1) is 0 Å². The molecule has 3 rings (SSSR count). The van der Waals surface area contributed by atoms with E-state index in [1.807, 2.05) is 39.9 Å². The first-order chi connectivity index (χ1) is 10.1. The van der Waals surface area contributed by atoms with E-state index in [9.17, 15) is 9.59 Å². The van der Waals surface area contributed by atoms with Crippen LogP contribution in [0.1, 0.15) is 19.0 Å². The van der Waals surface area contributed by atoms with Gasteiger partial charge in [0.05, 0.1) is 0 Å². The van der Waals surface area contributed by atoms with E-state index in [4.69, 9.17) is 0 Å². The number of aromatic nitrogens is 2. The predicted molar refractivity (Wildman–Crippen MR) is 82.2 cm³/mol. The molecule has 110 valence electrons. The largest absolute Gasteiger partial charge is 0.341 e. The molecule has 1 aliphatic rings. The minimum atomic E-state index is 0.0800. The molecule has 0 spiro atoms. The Bertz CT molecular complexity index is 682. The van der Waals surface area contributed by atoms with Gasteiger partial charge in [0.1, 0.15) is 5.65 Å². The zero-order valence-corrected chi connectivity index (χ0v) is 12.7. The third kappa shape index (κ3) is 3.10. The Hall–Kier alpha value is -1.82. The Morgan fingerprint density at radius 1 is 1.48 bits per heavy atom. The number of likely N-dealkylation sites (tertiary alicyclic amines) is 1. The molecule has 0 aliphatic carbocycles. The van der Waals surface area contributed by atoms with E-state index in [1.54, 1.807) is 6.92 Å². The van der Waals surface area contributed by atoms with Gasteiger partial charge >= 0.3 is 0 Å². The number of carbonyl (C=O) groups excluding carboxylic acids is 2. The first-order valence-electron chi connectivity index (χ1n) is 6.99. The van der Waals surface area contributed by atoms with Crippen LogP contribution in [-0.4, -0.2) is 43.6 Å². The van der Waals surface area contributed by atoms with Crippen molar-refractivity contribution in [2.75, 3.05) is 13.1 Å². The Labute approximate surface area is 127 Å². The minimum absolute atomic E-state index is 0.0800. The SMILES string of the molecule is CC(=O)SC1CC(=O)N(CCc2cnc3ccccn23)C1. The molecule has 2 aromatic heterocycles. The molecular formula is C15H17N3O2S. The van der Waals surface area contributed by atoms with Crippen molar-refractivity contribution < 1.29 is 9.59 Å². The lowest BCUT2D eigenvalue weighted by atomic mass is 10.3. The molecule has 1 amide bonds. The molecule has 0 radical (unpaired) electrons. The van der Waals surface area contributed by atoms with Crippen molar-refractivity contribution in [1.29, 1.82) is 0 Å². The highest BCUT2D eigenvalue weighted by Gasteiger charge is 2.30. The van der Waals surface area contributed by atoms with Gasteiger partial charge in [-0.25, -0.2) is 4.98 Å². The van der Waals surface area contributed by atoms with Crippen LogP contribution in [0.5, 0.6) is 0 Å². The zero-order valence-electron chi connectivity index (χ0n) is 11.9. The van der Waals surface area contributed by atoms with Crippen LogP contribution in [0, 0.1) is 0 Å². The van der Waals surface area contributed by atoms with Gasteiger partial charge in [-0.3, -0.25) is 9.59 Å². The van der Waals surface area contributed by atoms with Crippen LogP contribution in [0.3, 0.4) is 0 Å². The lowest BCUT2D eigenvalue weighted by Crippen LogP contribution is -2.28. The quantitative estimate of drug-likeness (QED) is 0.863. The van der Waals surface area contributed by atoms with Gasteiger partial charge in [0.25, 0.3) is 0 Å². The van der Waals surface area contributed by atoms with Gasteiger partial charge in [-0.1, -0.05) is 17.8 Å². The second kappa shape index (κ2) is 5.89. The number of imidazole rings is 1. The van der Waals surface area contributed by atoms with Crippen molar-refractivity contribution in [2.24, 2.45) is 0 Å². The third-order valence-electron chi connectivity index (χ3n) is 3.64. The van der Waals surface area contributed by atoms with Crippen LogP contribution >= 0.6 is 11.8 Å². The number of amides is 1. The van der Waals surface area contributed by atoms with E-state index in [0.717, 1.165) is 17.8 Å². The number of pyridine rings is 1. The van der Waals surface area contributed by atoms with Crippen molar-refractivity contribution in [3.8, 4) is 0 Å². The molecule has 2 aromatic rings. The van der Waals surface area contributed by atoms with Crippen LogP contribution < -0.4 is 0 Å². The van der Waals surface area contributed by atoms with Crippen LogP contribution in [0.2, 0.25) is 0 Å². The molecule has 0 aromatic carbocycles. The Balaban J connectivity index is 1.63. The number of hydrogen-bond acceptors (Lipinski definition) is 4. The lowest BCUT2D eigenvalue weighted by Gasteiger charge is -2.15. The zero-order chi connectivity index (χ0) is 14.8. The molecule has 0 saturated carbocycles. The monoisotopic (exact) mass is 303 g/mol. The van der Waals surface area contributed by atoms with E-state index in [-0.39, 0.29) is 16.3 Å². The molecule has 21 heavy (non-hydrogen) atoms. The van der Waals surface area contributed by atoms with Gasteiger partial charge in [0, 0.05) is 56.2 Å². The molecule has 1 atom stereocenters. The van der Waals surface area contributed by atoms with Crippen LogP contribution in [0.4, 0.5) is 0 Å². The maximum absolute atomic E-state index is 12.0. The van der Waals surface area contributed by atoms with Crippen molar-refractivity contribution >= 4 is 28.4 Å². The first kappa shape index (κ1) is 14.1. The number of carbonyl (C=O) groups is 2. The minimum Gasteiger partial charge on any atom is -0.341 e. The van der Waals surface area contributed by atoms with E-state index in [1.165, 1.54) is 11.8 Å². The average Bonchev–Trinajstić information content (AvgIpc) is 3.00. The smallest absolute Gasteiger partial charge is 0.223 e. The lowest BCUT2D eigenvalue weighted by molar-refractivity contribution is -0.127. The maximum atomic E-state index is 12.0. The molecule has 6 heteroatoms. The summed E-state index contributed by atoms with van der Waals surface area (Å²) in [6, 6.07) is 5.89. The van der Waals surface area contributed by atoms with Crippen molar-refractivity contribution in [3.05, 3.63) is 36.3 Å². The molecule has 0 N–H and O–H groups in total. The van der Waals surface area contributed by atoms with Crippen LogP contribution in [-0.2, 0) is 16.0 Å². The Morgan fingerprint density at radius 3 is 3.14 bits per heavy atom. The van der Waals surface area contributed by atoms with E-state index in [2.05, 4.69) is 4.98 Å². The van der Waals surface area contributed by atoms with Gasteiger partial charge in [0.2, 0.25) is 5.91 Å². The fourth-order valence-corrected chi connectivity index (χ4v) is 3.63. The summed E-state index contributed by atoms with van der Waals surface area (Å²) >= 11 is 1.28. The second-order valence-corrected chi connectivity index (χ2v) is 6.68. The highest BCUT2D eigenvalue weighted by atomic mass is 32.2. The normalized spacial score (nSPS) is 18.6. The van der Waals surface area contributed by atoms with Gasteiger partial charge in [0.15, 0.2) is 5.12 Å². The van der Waals surface area contributed by atoms with E-state index >= 15 is 0 Å². The third-order valence-corrected chi connectivity index (χ3v) is 4.62. The van der Waals surface area contributed by atoms with Crippen molar-refractivity contribution in [3.63, 3.8) is 0 Å². The number of hydrogen-bond donors (Lipinski definition) is 0. The number of fused-ring (bicyclic) bond motifs is 1. The Morgan fingerprint density at radius 2 is 2.33 bits per heavy atom. The maximum Gasteiger partial charge on any atom is 0.223 e. The molecule has 5 nitrogen and oxygen atoms in total. The molecule has 1 saturated heterocycles. The first-order valence-corrected chi connectivity index (χ1v) is 7.87. The van der Waals surface area contributed by atoms with Crippen LogP contribution in [0.25, 0.3) is 5.65 Å². The standard InChI is InChI=1S/C15H17N3O2S/c1-11(19)21-13-8-15(20)17(10-13)7-5-12-9-16-14-4-2-3-6-18(12)14/h2-4,6,9,13H,5,7-8,10H2,1H3. The fraction of sp³-hybridized carbons (Fsp3) is 0.400. The van der Waals surface area contributed by atoms with Crippen molar-refractivity contribution in [2.45, 2.75) is 25.0 Å². The number of thioether (sulfide) groups is 1. The van der Waals surface area contributed by atoms with E-state index < -0.39 is 0 Å². The second-order valence-electron chi connectivity index (χ2n) is 5.20. The summed E-state index contributed by atoms with van der Waals surface area (Å²) in [5.41, 5.74) is 2.02. The Kier molecular flexibility index (Phi) is 3.96. The van der Waals surface area contributed by atoms with Gasteiger partial charge < -0.3 is 9.30 Å². The summed E-state index contributed by atoms with van der Waals surface area (Å²) in [5.74, 6) is 0.141. The molecule has 1 unspecified atom stereocenters. The van der Waals surface area contributed by atoms with E-state index in [0.29, 0.717) is 19.5 Å². The summed E-state index contributed by atoms with van der Waals surface area (Å²) in [6.07, 6.45) is 5.08. The number of nitrogens with zero attached hydrogens (tertiary/aromatic N) is 3. The van der Waals surface area contributed by atoms with Crippen LogP contribution in [0.15, 0.2) is 30.6 Å². The predicted octanol–water partition coefficient (Wildman–Crippen LogP) is 1.76. The average molecular weight is 303 g/mol. The highest BCUT2D eigenvalue weighted by Crippen LogP contribution is 2.24. The molecule has 0 bridgehead atoms. The fourth-order valence-electron chi connectivity index (χ4n) is 2.69. The topological polar surface area (TPSA) is 54.7 Å². The molecule has 3 heterocycles. The highest BCUT2D eigenvalue weighted by molar-refractivity contribution is 8.14. The van der Waals surface area contributed by atoms with Gasteiger partial charge in [-0.2, -0.15) is 0 Å². The molecule has 1 fully saturated rings. The van der Waals surface area contributed by atoms with Gasteiger partial charge in [-0.05, 0) is 12.1 Å². The summed E-state index contributed by atoms with van der Waals surface area (Å²) in [4.78, 5) is 29.3. The summed E-state index contributed by atoms with van der Waals surface area (Å²) in [7, 11) is 0. The van der Waals surface area contributed by atoms with Crippen molar-refractivity contribution in [1.82, 2.24) is 14.3 Å². The summed E-state index contributed by atoms with van der Waals surface area (Å²) < 4.78 is 2.04. The summed E-state index contributed by atoms with van der Waals surface area (Å²) in [5, 5.41) is 0.189. The molecular weight excluding hydrogens is 286 g/mol. The molecule has 1 aliphatic heterocycles.